The van der Waals surface area contributed by atoms with E-state index in [-0.39, 0.29) is 6.04 Å². The molecule has 0 radical (unpaired) electrons. The summed E-state index contributed by atoms with van der Waals surface area (Å²) >= 11 is 3.36. The Morgan fingerprint density at radius 2 is 2.00 bits per heavy atom. The van der Waals surface area contributed by atoms with Crippen molar-refractivity contribution in [1.82, 2.24) is 4.98 Å². The third kappa shape index (κ3) is 2.88. The first-order chi connectivity index (χ1) is 8.70. The van der Waals surface area contributed by atoms with Crippen molar-refractivity contribution in [3.05, 3.63) is 58.3 Å². The molecule has 4 heteroatoms. The van der Waals surface area contributed by atoms with Gasteiger partial charge in [0.2, 0.25) is 0 Å². The van der Waals surface area contributed by atoms with E-state index >= 15 is 0 Å². The number of nitrogens with zero attached hydrogens (tertiary/aromatic N) is 2. The van der Waals surface area contributed by atoms with Crippen LogP contribution in [0.25, 0.3) is 0 Å². The predicted octanol–water partition coefficient (Wildman–Crippen LogP) is 3.89. The van der Waals surface area contributed by atoms with E-state index in [0.717, 1.165) is 15.7 Å². The molecule has 1 unspecified atom stereocenters. The lowest BCUT2D eigenvalue weighted by atomic mass is 10.1. The summed E-state index contributed by atoms with van der Waals surface area (Å²) in [6.07, 6.45) is 3.53. The first kappa shape index (κ1) is 12.6. The largest absolute Gasteiger partial charge is 0.377 e. The highest BCUT2D eigenvalue weighted by molar-refractivity contribution is 9.10. The number of aromatic nitrogens is 1. The van der Waals surface area contributed by atoms with Gasteiger partial charge in [0.05, 0.1) is 11.3 Å². The van der Waals surface area contributed by atoms with Crippen LogP contribution in [0, 0.1) is 11.3 Å². The van der Waals surface area contributed by atoms with Gasteiger partial charge < -0.3 is 5.32 Å². The summed E-state index contributed by atoms with van der Waals surface area (Å²) in [5.74, 6) is 0. The molecule has 0 bridgehead atoms. The molecule has 2 rings (SSSR count). The summed E-state index contributed by atoms with van der Waals surface area (Å²) < 4.78 is 0.904. The number of nitriles is 1. The molecule has 0 fully saturated rings. The number of hydrogen-bond donors (Lipinski definition) is 1. The number of halogens is 1. The van der Waals surface area contributed by atoms with Crippen LogP contribution in [0.3, 0.4) is 0 Å². The van der Waals surface area contributed by atoms with Crippen LogP contribution >= 0.6 is 15.9 Å². The van der Waals surface area contributed by atoms with Crippen molar-refractivity contribution in [2.75, 3.05) is 5.32 Å². The van der Waals surface area contributed by atoms with Crippen LogP contribution in [0.5, 0.6) is 0 Å². The quantitative estimate of drug-likeness (QED) is 0.935. The van der Waals surface area contributed by atoms with Crippen LogP contribution in [0.15, 0.2) is 47.2 Å². The lowest BCUT2D eigenvalue weighted by molar-refractivity contribution is 0.880. The molecule has 90 valence electrons. The Kier molecular flexibility index (Phi) is 3.96. The van der Waals surface area contributed by atoms with E-state index in [1.807, 2.05) is 30.3 Å². The second kappa shape index (κ2) is 5.65. The Balaban J connectivity index is 2.22. The van der Waals surface area contributed by atoms with Crippen LogP contribution in [0.4, 0.5) is 5.69 Å². The summed E-state index contributed by atoms with van der Waals surface area (Å²) in [5.41, 5.74) is 2.60. The SMILES string of the molecule is CC(Nc1ccc(Br)cc1C#N)c1ccncc1. The van der Waals surface area contributed by atoms with Crippen molar-refractivity contribution in [2.24, 2.45) is 0 Å². The number of anilines is 1. The molecule has 0 aliphatic carbocycles. The van der Waals surface area contributed by atoms with Gasteiger partial charge in [-0.1, -0.05) is 15.9 Å². The average Bonchev–Trinajstić information content (AvgIpc) is 2.41. The van der Waals surface area contributed by atoms with Crippen molar-refractivity contribution in [3.63, 3.8) is 0 Å². The van der Waals surface area contributed by atoms with E-state index in [1.165, 1.54) is 0 Å². The molecule has 0 saturated carbocycles. The fourth-order valence-electron chi connectivity index (χ4n) is 1.70. The minimum atomic E-state index is 0.126. The average molecular weight is 302 g/mol. The maximum atomic E-state index is 9.11. The summed E-state index contributed by atoms with van der Waals surface area (Å²) in [5, 5.41) is 12.4. The Bertz CT molecular complexity index is 575. The lowest BCUT2D eigenvalue weighted by Crippen LogP contribution is -2.07. The van der Waals surface area contributed by atoms with Gasteiger partial charge >= 0.3 is 0 Å². The maximum Gasteiger partial charge on any atom is 0.101 e. The third-order valence-electron chi connectivity index (χ3n) is 2.68. The van der Waals surface area contributed by atoms with E-state index in [0.29, 0.717) is 5.56 Å². The molecule has 0 spiro atoms. The fraction of sp³-hybridized carbons (Fsp3) is 0.143. The summed E-state index contributed by atoms with van der Waals surface area (Å²) in [7, 11) is 0. The Labute approximate surface area is 115 Å². The molecule has 1 aromatic heterocycles. The molecular formula is C14H12BrN3. The van der Waals surface area contributed by atoms with E-state index < -0.39 is 0 Å². The van der Waals surface area contributed by atoms with Gasteiger partial charge in [-0.05, 0) is 42.8 Å². The molecule has 0 aliphatic rings. The van der Waals surface area contributed by atoms with Gasteiger partial charge in [-0.25, -0.2) is 0 Å². The molecule has 18 heavy (non-hydrogen) atoms. The van der Waals surface area contributed by atoms with Crippen molar-refractivity contribution in [3.8, 4) is 6.07 Å². The third-order valence-corrected chi connectivity index (χ3v) is 3.17. The second-order valence-corrected chi connectivity index (χ2v) is 4.86. The maximum absolute atomic E-state index is 9.11. The zero-order chi connectivity index (χ0) is 13.0. The molecule has 0 amide bonds. The Hall–Kier alpha value is -1.86. The first-order valence-corrected chi connectivity index (χ1v) is 6.36. The number of benzene rings is 1. The van der Waals surface area contributed by atoms with Crippen LogP contribution in [-0.2, 0) is 0 Å². The molecule has 0 saturated heterocycles. The lowest BCUT2D eigenvalue weighted by Gasteiger charge is -2.16. The molecule has 1 atom stereocenters. The molecule has 0 aliphatic heterocycles. The van der Waals surface area contributed by atoms with E-state index in [4.69, 9.17) is 5.26 Å². The van der Waals surface area contributed by atoms with E-state index in [2.05, 4.69) is 39.2 Å². The Morgan fingerprint density at radius 3 is 2.67 bits per heavy atom. The van der Waals surface area contributed by atoms with Gasteiger partial charge in [-0.15, -0.1) is 0 Å². The molecule has 3 nitrogen and oxygen atoms in total. The number of rotatable bonds is 3. The number of hydrogen-bond acceptors (Lipinski definition) is 3. The second-order valence-electron chi connectivity index (χ2n) is 3.95. The number of nitrogens with one attached hydrogen (secondary N) is 1. The van der Waals surface area contributed by atoms with Crippen molar-refractivity contribution < 1.29 is 0 Å². The highest BCUT2D eigenvalue weighted by Gasteiger charge is 2.08. The zero-order valence-electron chi connectivity index (χ0n) is 9.89. The van der Waals surface area contributed by atoms with Crippen molar-refractivity contribution >= 4 is 21.6 Å². The zero-order valence-corrected chi connectivity index (χ0v) is 11.5. The van der Waals surface area contributed by atoms with E-state index in [1.54, 1.807) is 12.4 Å². The van der Waals surface area contributed by atoms with Crippen molar-refractivity contribution in [2.45, 2.75) is 13.0 Å². The smallest absolute Gasteiger partial charge is 0.101 e. The van der Waals surface area contributed by atoms with Crippen LogP contribution in [-0.4, -0.2) is 4.98 Å². The van der Waals surface area contributed by atoms with Crippen LogP contribution in [0.1, 0.15) is 24.1 Å². The first-order valence-electron chi connectivity index (χ1n) is 5.57. The highest BCUT2D eigenvalue weighted by atomic mass is 79.9. The minimum absolute atomic E-state index is 0.126. The fourth-order valence-corrected chi connectivity index (χ4v) is 2.06. The van der Waals surface area contributed by atoms with Crippen LogP contribution < -0.4 is 5.32 Å². The summed E-state index contributed by atoms with van der Waals surface area (Å²) in [4.78, 5) is 3.99. The minimum Gasteiger partial charge on any atom is -0.377 e. The molecule has 1 heterocycles. The highest BCUT2D eigenvalue weighted by Crippen LogP contribution is 2.24. The summed E-state index contributed by atoms with van der Waals surface area (Å²) in [6, 6.07) is 11.9. The molecule has 1 N–H and O–H groups in total. The molecule has 2 aromatic rings. The Morgan fingerprint density at radius 1 is 1.28 bits per heavy atom. The molecular weight excluding hydrogens is 290 g/mol. The van der Waals surface area contributed by atoms with Gasteiger partial charge in [-0.2, -0.15) is 5.26 Å². The monoisotopic (exact) mass is 301 g/mol. The van der Waals surface area contributed by atoms with Gasteiger partial charge in [0.25, 0.3) is 0 Å². The summed E-state index contributed by atoms with van der Waals surface area (Å²) in [6.45, 7) is 2.05. The van der Waals surface area contributed by atoms with E-state index in [9.17, 15) is 0 Å². The van der Waals surface area contributed by atoms with Gasteiger partial charge in [-0.3, -0.25) is 4.98 Å². The standard InChI is InChI=1S/C14H12BrN3/c1-10(11-4-6-17-7-5-11)18-14-3-2-13(15)8-12(14)9-16/h2-8,10,18H,1H3. The van der Waals surface area contributed by atoms with Gasteiger partial charge in [0, 0.05) is 22.9 Å². The van der Waals surface area contributed by atoms with Crippen LogP contribution in [0.2, 0.25) is 0 Å². The predicted molar refractivity (Wildman–Crippen MR) is 75.1 cm³/mol. The topological polar surface area (TPSA) is 48.7 Å². The van der Waals surface area contributed by atoms with Crippen molar-refractivity contribution in [1.29, 1.82) is 5.26 Å². The number of pyridine rings is 1. The molecule has 1 aromatic carbocycles. The van der Waals surface area contributed by atoms with Gasteiger partial charge in [0.1, 0.15) is 6.07 Å². The van der Waals surface area contributed by atoms with Gasteiger partial charge in [0.15, 0.2) is 0 Å². The normalized spacial score (nSPS) is 11.6.